The minimum atomic E-state index is -0.203. The number of nitrogens with one attached hydrogen (secondary N) is 1. The topological polar surface area (TPSA) is 37.5 Å². The first-order chi connectivity index (χ1) is 12.6. The second kappa shape index (κ2) is 8.32. The number of aliphatic imine (C=N–C) groups is 1. The lowest BCUT2D eigenvalue weighted by Gasteiger charge is -2.12. The summed E-state index contributed by atoms with van der Waals surface area (Å²) >= 11 is 0. The van der Waals surface area contributed by atoms with Gasteiger partial charge >= 0.3 is 0 Å². The summed E-state index contributed by atoms with van der Waals surface area (Å²) in [7, 11) is 7.88. The van der Waals surface area contributed by atoms with E-state index in [0.717, 1.165) is 34.4 Å². The SMILES string of the molecule is [B]c1cc(CCc2c(F)cccc2C(C)=NCCNC)c2occc2c1. The van der Waals surface area contributed by atoms with Gasteiger partial charge in [0.15, 0.2) is 0 Å². The molecule has 2 aromatic carbocycles. The number of benzene rings is 2. The molecule has 3 aromatic rings. The lowest BCUT2D eigenvalue weighted by atomic mass is 9.90. The van der Waals surface area contributed by atoms with E-state index in [2.05, 4.69) is 10.3 Å². The van der Waals surface area contributed by atoms with Crippen molar-refractivity contribution in [3.63, 3.8) is 0 Å². The lowest BCUT2D eigenvalue weighted by molar-refractivity contribution is 0.601. The average Bonchev–Trinajstić information content (AvgIpc) is 3.08. The van der Waals surface area contributed by atoms with Crippen molar-refractivity contribution in [3.8, 4) is 0 Å². The van der Waals surface area contributed by atoms with Crippen LogP contribution in [0.3, 0.4) is 0 Å². The number of likely N-dealkylation sites (N-methyl/N-ethyl adjacent to an activating group) is 1. The summed E-state index contributed by atoms with van der Waals surface area (Å²) < 4.78 is 20.1. The second-order valence-electron chi connectivity index (χ2n) is 6.36. The van der Waals surface area contributed by atoms with E-state index in [9.17, 15) is 4.39 Å². The largest absolute Gasteiger partial charge is 0.464 e. The Labute approximate surface area is 154 Å². The Bertz CT molecular complexity index is 933. The van der Waals surface area contributed by atoms with E-state index >= 15 is 0 Å². The minimum Gasteiger partial charge on any atom is -0.464 e. The molecule has 132 valence electrons. The van der Waals surface area contributed by atoms with Crippen LogP contribution in [0.2, 0.25) is 0 Å². The van der Waals surface area contributed by atoms with Gasteiger partial charge in [-0.2, -0.15) is 0 Å². The van der Waals surface area contributed by atoms with Gasteiger partial charge in [0.25, 0.3) is 0 Å². The molecule has 0 bridgehead atoms. The van der Waals surface area contributed by atoms with Crippen molar-refractivity contribution in [1.82, 2.24) is 5.32 Å². The molecule has 0 spiro atoms. The highest BCUT2D eigenvalue weighted by atomic mass is 19.1. The maximum absolute atomic E-state index is 14.5. The first kappa shape index (κ1) is 18.4. The molecule has 0 aliphatic rings. The van der Waals surface area contributed by atoms with Crippen LogP contribution in [0.25, 0.3) is 11.0 Å². The third-order valence-corrected chi connectivity index (χ3v) is 4.51. The van der Waals surface area contributed by atoms with Gasteiger partial charge in [-0.1, -0.05) is 29.7 Å². The molecule has 0 saturated heterocycles. The molecule has 1 heterocycles. The van der Waals surface area contributed by atoms with Crippen LogP contribution in [-0.2, 0) is 12.8 Å². The molecule has 0 aliphatic heterocycles. The van der Waals surface area contributed by atoms with Gasteiger partial charge in [-0.15, -0.1) is 0 Å². The molecule has 3 rings (SSSR count). The summed E-state index contributed by atoms with van der Waals surface area (Å²) in [6.07, 6.45) is 2.85. The standard InChI is InChI=1S/C21H22BFN2O/c1-14(25-10-9-24-2)18-4-3-5-20(23)19(18)7-6-15-12-17(22)13-16-8-11-26-21(15)16/h3-5,8,11-13,24H,6-7,9-10H2,1-2H3. The summed E-state index contributed by atoms with van der Waals surface area (Å²) in [4.78, 5) is 4.55. The number of rotatable bonds is 7. The smallest absolute Gasteiger partial charge is 0.136 e. The first-order valence-corrected chi connectivity index (χ1v) is 8.79. The quantitative estimate of drug-likeness (QED) is 0.405. The molecule has 0 unspecified atom stereocenters. The molecule has 2 radical (unpaired) electrons. The van der Waals surface area contributed by atoms with Gasteiger partial charge in [-0.3, -0.25) is 4.99 Å². The highest BCUT2D eigenvalue weighted by Crippen LogP contribution is 2.22. The van der Waals surface area contributed by atoms with E-state index in [1.165, 1.54) is 6.07 Å². The normalized spacial score (nSPS) is 12.0. The predicted octanol–water partition coefficient (Wildman–Crippen LogP) is 3.18. The summed E-state index contributed by atoms with van der Waals surface area (Å²) in [5.74, 6) is -0.203. The van der Waals surface area contributed by atoms with Crippen molar-refractivity contribution < 1.29 is 8.81 Å². The second-order valence-corrected chi connectivity index (χ2v) is 6.36. The number of aryl methyl sites for hydroxylation is 1. The zero-order valence-corrected chi connectivity index (χ0v) is 15.2. The summed E-state index contributed by atoms with van der Waals surface area (Å²) in [5.41, 5.74) is 4.89. The predicted molar refractivity (Wildman–Crippen MR) is 106 cm³/mol. The van der Waals surface area contributed by atoms with Crippen molar-refractivity contribution >= 4 is 30.0 Å². The third-order valence-electron chi connectivity index (χ3n) is 4.51. The van der Waals surface area contributed by atoms with E-state index < -0.39 is 0 Å². The van der Waals surface area contributed by atoms with Crippen LogP contribution in [0, 0.1) is 5.82 Å². The molecule has 0 amide bonds. The zero-order valence-electron chi connectivity index (χ0n) is 15.2. The number of fused-ring (bicyclic) bond motifs is 1. The molecule has 0 saturated carbocycles. The molecule has 0 atom stereocenters. The first-order valence-electron chi connectivity index (χ1n) is 8.79. The Balaban J connectivity index is 1.87. The van der Waals surface area contributed by atoms with Crippen molar-refractivity contribution in [3.05, 3.63) is 65.2 Å². The number of furan rings is 1. The Morgan fingerprint density at radius 2 is 2.08 bits per heavy atom. The van der Waals surface area contributed by atoms with Crippen LogP contribution in [-0.4, -0.2) is 33.7 Å². The van der Waals surface area contributed by atoms with E-state index in [4.69, 9.17) is 12.3 Å². The van der Waals surface area contributed by atoms with Gasteiger partial charge < -0.3 is 9.73 Å². The number of nitrogens with zero attached hydrogens (tertiary/aromatic N) is 1. The van der Waals surface area contributed by atoms with Crippen LogP contribution >= 0.6 is 0 Å². The van der Waals surface area contributed by atoms with Gasteiger partial charge in [0.05, 0.1) is 12.8 Å². The van der Waals surface area contributed by atoms with Crippen LogP contribution in [0.15, 0.2) is 52.1 Å². The van der Waals surface area contributed by atoms with Crippen LogP contribution in [0.4, 0.5) is 4.39 Å². The Hall–Kier alpha value is -2.40. The summed E-state index contributed by atoms with van der Waals surface area (Å²) in [6.45, 7) is 3.39. The van der Waals surface area contributed by atoms with Crippen molar-refractivity contribution in [1.29, 1.82) is 0 Å². The van der Waals surface area contributed by atoms with Crippen LogP contribution in [0.5, 0.6) is 0 Å². The molecular formula is C21H22BFN2O. The Kier molecular flexibility index (Phi) is 5.89. The van der Waals surface area contributed by atoms with Gasteiger partial charge in [-0.25, -0.2) is 4.39 Å². The summed E-state index contributed by atoms with van der Waals surface area (Å²) in [5, 5.41) is 4.03. The van der Waals surface area contributed by atoms with E-state index in [-0.39, 0.29) is 5.82 Å². The molecule has 0 aliphatic carbocycles. The molecule has 26 heavy (non-hydrogen) atoms. The van der Waals surface area contributed by atoms with Crippen molar-refractivity contribution in [2.24, 2.45) is 4.99 Å². The molecule has 1 N–H and O–H groups in total. The minimum absolute atomic E-state index is 0.203. The van der Waals surface area contributed by atoms with Gasteiger partial charge in [0, 0.05) is 23.2 Å². The summed E-state index contributed by atoms with van der Waals surface area (Å²) in [6, 6.07) is 10.8. The maximum Gasteiger partial charge on any atom is 0.136 e. The van der Waals surface area contributed by atoms with Crippen molar-refractivity contribution in [2.75, 3.05) is 20.1 Å². The highest BCUT2D eigenvalue weighted by molar-refractivity contribution is 6.33. The lowest BCUT2D eigenvalue weighted by Crippen LogP contribution is -2.13. The Morgan fingerprint density at radius 1 is 1.23 bits per heavy atom. The van der Waals surface area contributed by atoms with E-state index in [0.29, 0.717) is 30.4 Å². The Morgan fingerprint density at radius 3 is 2.88 bits per heavy atom. The molecule has 3 nitrogen and oxygen atoms in total. The van der Waals surface area contributed by atoms with E-state index in [1.54, 1.807) is 12.3 Å². The molecule has 1 aromatic heterocycles. The molecule has 0 fully saturated rings. The highest BCUT2D eigenvalue weighted by Gasteiger charge is 2.13. The number of hydrogen-bond donors (Lipinski definition) is 1. The van der Waals surface area contributed by atoms with Gasteiger partial charge in [-0.05, 0) is 50.1 Å². The van der Waals surface area contributed by atoms with E-state index in [1.807, 2.05) is 38.2 Å². The number of halogens is 1. The molecule has 5 heteroatoms. The van der Waals surface area contributed by atoms with Crippen LogP contribution in [0.1, 0.15) is 23.6 Å². The average molecular weight is 348 g/mol. The van der Waals surface area contributed by atoms with Crippen molar-refractivity contribution in [2.45, 2.75) is 19.8 Å². The maximum atomic E-state index is 14.5. The zero-order chi connectivity index (χ0) is 18.5. The monoisotopic (exact) mass is 348 g/mol. The fraction of sp³-hybridized carbons (Fsp3) is 0.286. The fourth-order valence-electron chi connectivity index (χ4n) is 3.20. The van der Waals surface area contributed by atoms with Crippen LogP contribution < -0.4 is 10.8 Å². The fourth-order valence-corrected chi connectivity index (χ4v) is 3.20. The van der Waals surface area contributed by atoms with Gasteiger partial charge in [0.2, 0.25) is 0 Å². The van der Waals surface area contributed by atoms with Gasteiger partial charge in [0.1, 0.15) is 19.2 Å². The third kappa shape index (κ3) is 4.05. The molecular weight excluding hydrogens is 326 g/mol. The number of hydrogen-bond acceptors (Lipinski definition) is 3.